The molecule has 3 atom stereocenters. The molecule has 2 N–H and O–H groups in total. The zero-order valence-corrected chi connectivity index (χ0v) is 24.2. The number of fused-ring (bicyclic) bond motifs is 1. The van der Waals surface area contributed by atoms with Crippen molar-refractivity contribution in [3.63, 3.8) is 0 Å². The SMILES string of the molecule is C[C@@]1(C(=O)N([CH-]C(=O)N2CCC[C@H]2C(=O)O)C2Cc3ccccc3C2)NP1(=O)CCc1ccccc1.[Na+]. The van der Waals surface area contributed by atoms with Gasteiger partial charge in [0, 0.05) is 18.7 Å². The average molecular weight is 532 g/mol. The summed E-state index contributed by atoms with van der Waals surface area (Å²) in [4.78, 5) is 41.6. The van der Waals surface area contributed by atoms with Crippen molar-refractivity contribution in [2.75, 3.05) is 12.7 Å². The number of nitrogens with one attached hydrogen (secondary N) is 1. The van der Waals surface area contributed by atoms with Gasteiger partial charge in [-0.1, -0.05) is 54.6 Å². The summed E-state index contributed by atoms with van der Waals surface area (Å²) in [6.07, 6.45) is 3.09. The number of carbonyl (C=O) groups excluding carboxylic acids is 2. The van der Waals surface area contributed by atoms with E-state index in [2.05, 4.69) is 5.09 Å². The molecular formula is C27H31N3NaO5P. The molecule has 0 saturated carbocycles. The summed E-state index contributed by atoms with van der Waals surface area (Å²) in [5, 5.41) is 11.3. The van der Waals surface area contributed by atoms with Gasteiger partial charge in [0.05, 0.1) is 0 Å². The molecule has 2 heterocycles. The van der Waals surface area contributed by atoms with Gasteiger partial charge in [-0.05, 0) is 55.7 Å². The molecule has 0 radical (unpaired) electrons. The van der Waals surface area contributed by atoms with Crippen molar-refractivity contribution in [2.45, 2.75) is 56.4 Å². The Morgan fingerprint density at radius 2 is 1.73 bits per heavy atom. The summed E-state index contributed by atoms with van der Waals surface area (Å²) in [7, 11) is -3.00. The van der Waals surface area contributed by atoms with Crippen LogP contribution in [0.3, 0.4) is 0 Å². The molecule has 0 aromatic heterocycles. The number of nitrogens with zero attached hydrogens (tertiary/aromatic N) is 2. The predicted molar refractivity (Wildman–Crippen MR) is 135 cm³/mol. The van der Waals surface area contributed by atoms with E-state index < -0.39 is 36.4 Å². The van der Waals surface area contributed by atoms with Gasteiger partial charge in [-0.15, -0.1) is 0 Å². The maximum Gasteiger partial charge on any atom is 1.00 e. The van der Waals surface area contributed by atoms with E-state index in [1.165, 1.54) is 16.3 Å². The van der Waals surface area contributed by atoms with Gasteiger partial charge in [0.1, 0.15) is 11.9 Å². The fourth-order valence-electron chi connectivity index (χ4n) is 5.53. The van der Waals surface area contributed by atoms with Crippen LogP contribution in [-0.2, 0) is 38.2 Å². The molecule has 37 heavy (non-hydrogen) atoms. The Bertz CT molecular complexity index is 1220. The average Bonchev–Trinajstić information content (AvgIpc) is 3.28. The number of hydrogen-bond acceptors (Lipinski definition) is 4. The summed E-state index contributed by atoms with van der Waals surface area (Å²) < 4.78 is 13.7. The van der Waals surface area contributed by atoms with E-state index in [9.17, 15) is 24.1 Å². The van der Waals surface area contributed by atoms with Crippen molar-refractivity contribution in [1.82, 2.24) is 14.9 Å². The van der Waals surface area contributed by atoms with Crippen LogP contribution in [0.5, 0.6) is 0 Å². The van der Waals surface area contributed by atoms with Crippen LogP contribution in [0, 0.1) is 6.54 Å². The number of likely N-dealkylation sites (tertiary alicyclic amines) is 1. The molecule has 190 valence electrons. The number of amides is 2. The molecule has 2 aromatic carbocycles. The Hall–Kier alpha value is -2.09. The Balaban J connectivity index is 0.00000320. The van der Waals surface area contributed by atoms with Crippen LogP contribution in [-0.4, -0.2) is 62.8 Å². The molecular weight excluding hydrogens is 500 g/mol. The zero-order valence-electron chi connectivity index (χ0n) is 21.3. The van der Waals surface area contributed by atoms with Crippen molar-refractivity contribution in [2.24, 2.45) is 0 Å². The van der Waals surface area contributed by atoms with Crippen LogP contribution < -0.4 is 34.6 Å². The molecule has 3 aliphatic rings. The van der Waals surface area contributed by atoms with Crippen LogP contribution in [0.2, 0.25) is 0 Å². The van der Waals surface area contributed by atoms with Gasteiger partial charge in [-0.2, -0.15) is 0 Å². The monoisotopic (exact) mass is 531 g/mol. The number of carbonyl (C=O) groups is 3. The van der Waals surface area contributed by atoms with Crippen LogP contribution in [0.1, 0.15) is 36.5 Å². The second kappa shape index (κ2) is 11.0. The Morgan fingerprint density at radius 3 is 2.35 bits per heavy atom. The van der Waals surface area contributed by atoms with Crippen molar-refractivity contribution in [1.29, 1.82) is 0 Å². The summed E-state index contributed by atoms with van der Waals surface area (Å²) >= 11 is 0. The van der Waals surface area contributed by atoms with E-state index in [-0.39, 0.29) is 35.6 Å². The standard InChI is InChI=1S/C27H31N3O5P.Na/c1-27(28-36(27,35)15-13-19-8-3-2-4-9-19)26(34)30(22-16-20-10-5-6-11-21(20)17-22)18-24(31)29-14-7-12-23(29)25(32)33;/h2-6,8-11,18,22-23H,7,12-17H2,1H3,(H,28,35)(H,32,33);/q-1;+1/t23-,27+,36?;/m0./s1. The van der Waals surface area contributed by atoms with Crippen molar-refractivity contribution in [3.05, 3.63) is 77.8 Å². The summed E-state index contributed by atoms with van der Waals surface area (Å²) in [5.41, 5.74) is 3.29. The number of carboxylic acid groups (broad SMARTS) is 1. The molecule has 0 spiro atoms. The molecule has 2 saturated heterocycles. The van der Waals surface area contributed by atoms with E-state index >= 15 is 0 Å². The predicted octanol–water partition coefficient (Wildman–Crippen LogP) is 0.0640. The second-order valence-electron chi connectivity index (χ2n) is 10.1. The maximum absolute atomic E-state index is 13.9. The molecule has 5 rings (SSSR count). The van der Waals surface area contributed by atoms with Crippen molar-refractivity contribution in [3.8, 4) is 0 Å². The van der Waals surface area contributed by atoms with Gasteiger partial charge < -0.3 is 24.3 Å². The Labute approximate surface area is 239 Å². The van der Waals surface area contributed by atoms with Crippen LogP contribution in [0.15, 0.2) is 54.6 Å². The number of hydrogen-bond donors (Lipinski definition) is 2. The first-order chi connectivity index (χ1) is 17.2. The third-order valence-corrected chi connectivity index (χ3v) is 11.0. The fraction of sp³-hybridized carbons (Fsp3) is 0.407. The molecule has 2 aromatic rings. The molecule has 0 bridgehead atoms. The first kappa shape index (κ1) is 27.9. The molecule has 10 heteroatoms. The minimum absolute atomic E-state index is 0. The first-order valence-electron chi connectivity index (χ1n) is 12.4. The van der Waals surface area contributed by atoms with Crippen LogP contribution >= 0.6 is 7.29 Å². The summed E-state index contributed by atoms with van der Waals surface area (Å²) in [6.45, 7) is 3.25. The number of carboxylic acids is 1. The quantitative estimate of drug-likeness (QED) is 0.216. The number of rotatable bonds is 8. The Kier molecular flexibility index (Phi) is 8.27. The van der Waals surface area contributed by atoms with Gasteiger partial charge in [-0.3, -0.25) is 4.79 Å². The zero-order chi connectivity index (χ0) is 25.5. The number of aliphatic carboxylic acids is 1. The largest absolute Gasteiger partial charge is 1.00 e. The first-order valence-corrected chi connectivity index (χ1v) is 14.3. The van der Waals surface area contributed by atoms with Gasteiger partial charge in [-0.25, -0.2) is 16.4 Å². The molecule has 2 aliphatic heterocycles. The third-order valence-electron chi connectivity index (χ3n) is 7.77. The van der Waals surface area contributed by atoms with E-state index in [1.54, 1.807) is 6.92 Å². The van der Waals surface area contributed by atoms with Gasteiger partial charge in [0.2, 0.25) is 5.91 Å². The van der Waals surface area contributed by atoms with Gasteiger partial charge in [0.25, 0.3) is 0 Å². The molecule has 8 nitrogen and oxygen atoms in total. The number of aryl methyl sites for hydroxylation is 1. The minimum atomic E-state index is -3.00. The van der Waals surface area contributed by atoms with Crippen molar-refractivity contribution >= 4 is 25.1 Å². The molecule has 2 fully saturated rings. The molecule has 1 aliphatic carbocycles. The summed E-state index contributed by atoms with van der Waals surface area (Å²) in [6, 6.07) is 16.5. The van der Waals surface area contributed by atoms with Crippen molar-refractivity contribution < 1.29 is 53.6 Å². The van der Waals surface area contributed by atoms with E-state index in [0.717, 1.165) is 16.7 Å². The second-order valence-corrected chi connectivity index (χ2v) is 13.1. The topological polar surface area (TPSA) is 117 Å². The van der Waals surface area contributed by atoms with Crippen LogP contribution in [0.4, 0.5) is 0 Å². The normalized spacial score (nSPS) is 26.2. The number of benzene rings is 2. The molecule has 1 unspecified atom stereocenters. The maximum atomic E-state index is 13.9. The Morgan fingerprint density at radius 1 is 1.11 bits per heavy atom. The van der Waals surface area contributed by atoms with E-state index in [0.29, 0.717) is 44.8 Å². The third kappa shape index (κ3) is 5.41. The smallest absolute Gasteiger partial charge is 0.480 e. The van der Waals surface area contributed by atoms with Gasteiger partial charge in [0.15, 0.2) is 12.6 Å². The fourth-order valence-corrected chi connectivity index (χ4v) is 8.17. The van der Waals surface area contributed by atoms with Gasteiger partial charge >= 0.3 is 35.5 Å². The minimum Gasteiger partial charge on any atom is -0.480 e. The van der Waals surface area contributed by atoms with Crippen LogP contribution in [0.25, 0.3) is 0 Å². The van der Waals surface area contributed by atoms with E-state index in [4.69, 9.17) is 0 Å². The summed E-state index contributed by atoms with van der Waals surface area (Å²) in [5.74, 6) is -1.93. The molecule has 2 amide bonds. The van der Waals surface area contributed by atoms with E-state index in [1.807, 2.05) is 54.6 Å².